The van der Waals surface area contributed by atoms with Crippen LogP contribution >= 0.6 is 31.9 Å². The van der Waals surface area contributed by atoms with E-state index in [1.807, 2.05) is 0 Å². The number of fused-ring (bicyclic) bond motifs is 2. The molecule has 0 amide bonds. The zero-order chi connectivity index (χ0) is 13.7. The van der Waals surface area contributed by atoms with Crippen molar-refractivity contribution in [2.75, 3.05) is 5.73 Å². The van der Waals surface area contributed by atoms with Crippen molar-refractivity contribution < 1.29 is 9.59 Å². The number of nitrogen functional groups attached to an aromatic ring is 1. The van der Waals surface area contributed by atoms with Crippen LogP contribution in [0.2, 0.25) is 0 Å². The summed E-state index contributed by atoms with van der Waals surface area (Å²) in [7, 11) is 0. The summed E-state index contributed by atoms with van der Waals surface area (Å²) in [5.74, 6) is -0.345. The zero-order valence-electron chi connectivity index (χ0n) is 9.54. The van der Waals surface area contributed by atoms with E-state index in [4.69, 9.17) is 5.73 Å². The summed E-state index contributed by atoms with van der Waals surface area (Å²) < 4.78 is 1.06. The Morgan fingerprint density at radius 2 is 1.47 bits per heavy atom. The van der Waals surface area contributed by atoms with Gasteiger partial charge in [-0.15, -0.1) is 0 Å². The highest BCUT2D eigenvalue weighted by molar-refractivity contribution is 9.11. The van der Waals surface area contributed by atoms with Gasteiger partial charge >= 0.3 is 0 Å². The fraction of sp³-hybridized carbons (Fsp3) is 0. The third-order valence-corrected chi connectivity index (χ3v) is 4.62. The van der Waals surface area contributed by atoms with E-state index in [9.17, 15) is 9.59 Å². The van der Waals surface area contributed by atoms with Crippen LogP contribution in [0.5, 0.6) is 0 Å². The Kier molecular flexibility index (Phi) is 2.83. The first-order valence-electron chi connectivity index (χ1n) is 5.48. The molecule has 3 nitrogen and oxygen atoms in total. The molecule has 94 valence electrons. The molecule has 0 unspecified atom stereocenters. The first kappa shape index (κ1) is 12.6. The van der Waals surface area contributed by atoms with Gasteiger partial charge in [0, 0.05) is 21.2 Å². The Labute approximate surface area is 126 Å². The van der Waals surface area contributed by atoms with Gasteiger partial charge in [-0.3, -0.25) is 9.59 Å². The Balaban J connectivity index is 2.40. The van der Waals surface area contributed by atoms with E-state index in [0.717, 1.165) is 0 Å². The van der Waals surface area contributed by atoms with Gasteiger partial charge in [0.15, 0.2) is 11.6 Å². The number of benzene rings is 2. The summed E-state index contributed by atoms with van der Waals surface area (Å²) in [6.07, 6.45) is 0. The van der Waals surface area contributed by atoms with Gasteiger partial charge in [-0.05, 0) is 37.9 Å². The summed E-state index contributed by atoms with van der Waals surface area (Å²) in [4.78, 5) is 24.9. The Hall–Kier alpha value is -1.46. The van der Waals surface area contributed by atoms with Crippen molar-refractivity contribution in [1.29, 1.82) is 0 Å². The van der Waals surface area contributed by atoms with E-state index in [2.05, 4.69) is 31.9 Å². The molecule has 1 aliphatic carbocycles. The largest absolute Gasteiger partial charge is 0.397 e. The van der Waals surface area contributed by atoms with E-state index in [0.29, 0.717) is 36.9 Å². The van der Waals surface area contributed by atoms with Gasteiger partial charge in [-0.2, -0.15) is 0 Å². The predicted molar refractivity (Wildman–Crippen MR) is 79.6 cm³/mol. The molecule has 2 N–H and O–H groups in total. The average molecular weight is 381 g/mol. The molecule has 0 atom stereocenters. The van der Waals surface area contributed by atoms with Crippen molar-refractivity contribution >= 4 is 49.1 Å². The summed E-state index contributed by atoms with van der Waals surface area (Å²) in [6.45, 7) is 0. The van der Waals surface area contributed by atoms with E-state index < -0.39 is 0 Å². The number of hydrogen-bond acceptors (Lipinski definition) is 3. The van der Waals surface area contributed by atoms with Crippen LogP contribution in [0.1, 0.15) is 31.8 Å². The molecule has 0 radical (unpaired) electrons. The molecule has 0 fully saturated rings. The van der Waals surface area contributed by atoms with Crippen LogP contribution in [0.3, 0.4) is 0 Å². The van der Waals surface area contributed by atoms with Crippen LogP contribution < -0.4 is 5.73 Å². The molecule has 19 heavy (non-hydrogen) atoms. The second-order valence-corrected chi connectivity index (χ2v) is 5.86. The van der Waals surface area contributed by atoms with Gasteiger partial charge in [0.1, 0.15) is 0 Å². The summed E-state index contributed by atoms with van der Waals surface area (Å²) in [5, 5.41) is 0. The van der Waals surface area contributed by atoms with Crippen molar-refractivity contribution in [1.82, 2.24) is 0 Å². The number of nitrogens with two attached hydrogens (primary N) is 1. The first-order chi connectivity index (χ1) is 9.02. The van der Waals surface area contributed by atoms with Crippen molar-refractivity contribution in [2.24, 2.45) is 0 Å². The molecular formula is C14H7Br2NO2. The van der Waals surface area contributed by atoms with Crippen molar-refractivity contribution in [2.45, 2.75) is 0 Å². The molecule has 0 aromatic heterocycles. The van der Waals surface area contributed by atoms with Crippen molar-refractivity contribution in [3.63, 3.8) is 0 Å². The minimum atomic E-state index is -0.184. The smallest absolute Gasteiger partial charge is 0.195 e. The number of carbonyl (C=O) groups excluding carboxylic acids is 2. The fourth-order valence-corrected chi connectivity index (χ4v) is 3.49. The number of hydrogen-bond donors (Lipinski definition) is 1. The normalized spacial score (nSPS) is 13.2. The highest BCUT2D eigenvalue weighted by atomic mass is 79.9. The minimum absolute atomic E-state index is 0.161. The third kappa shape index (κ3) is 1.69. The van der Waals surface area contributed by atoms with Crippen LogP contribution in [0.25, 0.3) is 0 Å². The lowest BCUT2D eigenvalue weighted by molar-refractivity contribution is 0.0978. The molecular weight excluding hydrogens is 374 g/mol. The molecule has 5 heteroatoms. The fourth-order valence-electron chi connectivity index (χ4n) is 2.19. The van der Waals surface area contributed by atoms with E-state index >= 15 is 0 Å². The molecule has 2 aromatic rings. The molecule has 2 aromatic carbocycles. The maximum atomic E-state index is 12.5. The standard InChI is InChI=1S/C14H7Br2NO2/c15-9-5-8-10(11(16)12(9)17)14(19)7-4-2-1-3-6(7)13(8)18/h1-5H,17H2. The summed E-state index contributed by atoms with van der Waals surface area (Å²) in [6, 6.07) is 8.41. The lowest BCUT2D eigenvalue weighted by atomic mass is 9.84. The van der Waals surface area contributed by atoms with Gasteiger partial charge in [-0.25, -0.2) is 0 Å². The maximum absolute atomic E-state index is 12.5. The van der Waals surface area contributed by atoms with Gasteiger partial charge < -0.3 is 5.73 Å². The lowest BCUT2D eigenvalue weighted by Gasteiger charge is -2.20. The number of halogens is 2. The minimum Gasteiger partial charge on any atom is -0.397 e. The topological polar surface area (TPSA) is 60.2 Å². The molecule has 0 heterocycles. The van der Waals surface area contributed by atoms with Gasteiger partial charge in [-0.1, -0.05) is 24.3 Å². The molecule has 0 spiro atoms. The maximum Gasteiger partial charge on any atom is 0.195 e. The number of anilines is 1. The van der Waals surface area contributed by atoms with Gasteiger partial charge in [0.05, 0.1) is 15.7 Å². The number of ketones is 2. The molecule has 0 saturated carbocycles. The summed E-state index contributed by atoms with van der Waals surface area (Å²) in [5.41, 5.74) is 7.85. The first-order valence-corrected chi connectivity index (χ1v) is 7.07. The zero-order valence-corrected chi connectivity index (χ0v) is 12.7. The number of rotatable bonds is 0. The second-order valence-electron chi connectivity index (χ2n) is 4.21. The predicted octanol–water partition coefficient (Wildman–Crippen LogP) is 3.57. The van der Waals surface area contributed by atoms with E-state index in [-0.39, 0.29) is 11.6 Å². The average Bonchev–Trinajstić information content (AvgIpc) is 2.42. The van der Waals surface area contributed by atoms with Crippen LogP contribution in [-0.2, 0) is 0 Å². The third-order valence-electron chi connectivity index (χ3n) is 3.14. The molecule has 1 aliphatic rings. The monoisotopic (exact) mass is 379 g/mol. The summed E-state index contributed by atoms with van der Waals surface area (Å²) >= 11 is 6.60. The molecule has 3 rings (SSSR count). The molecule has 0 bridgehead atoms. The SMILES string of the molecule is Nc1c(Br)cc2c(c1Br)C(=O)c1ccccc1C2=O. The lowest BCUT2D eigenvalue weighted by Crippen LogP contribution is -2.22. The van der Waals surface area contributed by atoms with E-state index in [1.54, 1.807) is 30.3 Å². The number of carbonyl (C=O) groups is 2. The quantitative estimate of drug-likeness (QED) is 0.606. The molecule has 0 aliphatic heterocycles. The van der Waals surface area contributed by atoms with Crippen LogP contribution in [0.4, 0.5) is 5.69 Å². The Bertz CT molecular complexity index is 753. The van der Waals surface area contributed by atoms with E-state index in [1.165, 1.54) is 0 Å². The van der Waals surface area contributed by atoms with Gasteiger partial charge in [0.2, 0.25) is 0 Å². The van der Waals surface area contributed by atoms with Crippen molar-refractivity contribution in [3.8, 4) is 0 Å². The van der Waals surface area contributed by atoms with Crippen LogP contribution in [0.15, 0.2) is 39.3 Å². The van der Waals surface area contributed by atoms with Crippen molar-refractivity contribution in [3.05, 3.63) is 61.5 Å². The van der Waals surface area contributed by atoms with Crippen LogP contribution in [-0.4, -0.2) is 11.6 Å². The second kappa shape index (κ2) is 4.28. The molecule has 0 saturated heterocycles. The highest BCUT2D eigenvalue weighted by Gasteiger charge is 2.32. The van der Waals surface area contributed by atoms with Crippen LogP contribution in [0, 0.1) is 0 Å². The van der Waals surface area contributed by atoms with Gasteiger partial charge in [0.25, 0.3) is 0 Å². The Morgan fingerprint density at radius 1 is 0.895 bits per heavy atom. The Morgan fingerprint density at radius 3 is 2.11 bits per heavy atom. The highest BCUT2D eigenvalue weighted by Crippen LogP contribution is 2.39.